The first kappa shape index (κ1) is 11.0. The van der Waals surface area contributed by atoms with Crippen LogP contribution >= 0.6 is 22.6 Å². The molecular formula is C11H8IN3O. The number of hydrogen-bond acceptors (Lipinski definition) is 3. The second kappa shape index (κ2) is 5.02. The molecule has 0 aliphatic rings. The molecule has 1 aromatic heterocycles. The summed E-state index contributed by atoms with van der Waals surface area (Å²) in [7, 11) is 0. The first-order valence-corrected chi connectivity index (χ1v) is 5.66. The highest BCUT2D eigenvalue weighted by atomic mass is 127. The van der Waals surface area contributed by atoms with Gasteiger partial charge in [-0.25, -0.2) is 4.98 Å². The number of nitrogens with one attached hydrogen (secondary N) is 1. The van der Waals surface area contributed by atoms with Crippen molar-refractivity contribution in [1.82, 2.24) is 9.97 Å². The fourth-order valence-electron chi connectivity index (χ4n) is 1.14. The van der Waals surface area contributed by atoms with Crippen molar-refractivity contribution < 1.29 is 4.79 Å². The normalized spacial score (nSPS) is 9.81. The number of hydrogen-bond donors (Lipinski definition) is 1. The lowest BCUT2D eigenvalue weighted by atomic mass is 10.3. The third kappa shape index (κ3) is 2.75. The van der Waals surface area contributed by atoms with Crippen molar-refractivity contribution in [3.05, 3.63) is 52.1 Å². The molecule has 16 heavy (non-hydrogen) atoms. The minimum absolute atomic E-state index is 0.255. The van der Waals surface area contributed by atoms with E-state index >= 15 is 0 Å². The Morgan fingerprint density at radius 2 is 1.94 bits per heavy atom. The van der Waals surface area contributed by atoms with Crippen molar-refractivity contribution in [3.63, 3.8) is 0 Å². The molecule has 0 spiro atoms. The Morgan fingerprint density at radius 3 is 2.56 bits per heavy atom. The van der Waals surface area contributed by atoms with Crippen LogP contribution in [-0.2, 0) is 0 Å². The van der Waals surface area contributed by atoms with Crippen molar-refractivity contribution in [2.75, 3.05) is 5.32 Å². The van der Waals surface area contributed by atoms with Gasteiger partial charge in [0.1, 0.15) is 5.69 Å². The molecule has 0 aliphatic heterocycles. The molecule has 1 amide bonds. The lowest BCUT2D eigenvalue weighted by Gasteiger charge is -2.03. The molecule has 0 radical (unpaired) electrons. The predicted octanol–water partition coefficient (Wildman–Crippen LogP) is 2.33. The molecule has 1 heterocycles. The Bertz CT molecular complexity index is 484. The maximum absolute atomic E-state index is 11.7. The van der Waals surface area contributed by atoms with Gasteiger partial charge in [-0.15, -0.1) is 0 Å². The fourth-order valence-corrected chi connectivity index (χ4v) is 1.50. The number of halogens is 1. The zero-order valence-corrected chi connectivity index (χ0v) is 10.4. The zero-order chi connectivity index (χ0) is 11.4. The Labute approximate surface area is 106 Å². The number of benzene rings is 1. The summed E-state index contributed by atoms with van der Waals surface area (Å²) in [6.07, 6.45) is 4.45. The van der Waals surface area contributed by atoms with E-state index in [1.807, 2.05) is 24.3 Å². The largest absolute Gasteiger partial charge is 0.321 e. The molecule has 0 atom stereocenters. The Balaban J connectivity index is 2.11. The molecule has 0 bridgehead atoms. The average Bonchev–Trinajstić information content (AvgIpc) is 2.33. The third-order valence-corrected chi connectivity index (χ3v) is 2.62. The molecule has 5 heteroatoms. The standard InChI is InChI=1S/C11H8IN3O/c12-8-1-3-9(4-2-8)15-11(16)10-7-13-5-6-14-10/h1-7H,(H,15,16). The molecule has 1 N–H and O–H groups in total. The van der Waals surface area contributed by atoms with Crippen molar-refractivity contribution >= 4 is 34.2 Å². The van der Waals surface area contributed by atoms with Gasteiger partial charge < -0.3 is 5.32 Å². The highest BCUT2D eigenvalue weighted by Gasteiger charge is 2.06. The molecule has 0 fully saturated rings. The van der Waals surface area contributed by atoms with Crippen LogP contribution in [-0.4, -0.2) is 15.9 Å². The maximum Gasteiger partial charge on any atom is 0.275 e. The molecule has 80 valence electrons. The quantitative estimate of drug-likeness (QED) is 0.863. The summed E-state index contributed by atoms with van der Waals surface area (Å²) in [5.74, 6) is -0.255. The van der Waals surface area contributed by atoms with E-state index in [9.17, 15) is 4.79 Å². The van der Waals surface area contributed by atoms with Gasteiger partial charge in [0.25, 0.3) is 5.91 Å². The highest BCUT2D eigenvalue weighted by molar-refractivity contribution is 14.1. The van der Waals surface area contributed by atoms with Crippen LogP contribution in [0, 0.1) is 3.57 Å². The van der Waals surface area contributed by atoms with Crippen LogP contribution in [0.1, 0.15) is 10.5 Å². The van der Waals surface area contributed by atoms with Crippen LogP contribution in [0.4, 0.5) is 5.69 Å². The molecule has 0 aliphatic carbocycles. The van der Waals surface area contributed by atoms with Gasteiger partial charge in [0.15, 0.2) is 0 Å². The number of amides is 1. The Morgan fingerprint density at radius 1 is 1.19 bits per heavy atom. The summed E-state index contributed by atoms with van der Waals surface area (Å²) in [5, 5.41) is 2.74. The van der Waals surface area contributed by atoms with Crippen molar-refractivity contribution in [3.8, 4) is 0 Å². The van der Waals surface area contributed by atoms with Crippen molar-refractivity contribution in [2.45, 2.75) is 0 Å². The van der Waals surface area contributed by atoms with Gasteiger partial charge in [-0.1, -0.05) is 0 Å². The molecule has 0 saturated carbocycles. The van der Waals surface area contributed by atoms with Crippen LogP contribution < -0.4 is 5.32 Å². The third-order valence-electron chi connectivity index (χ3n) is 1.90. The summed E-state index contributed by atoms with van der Waals surface area (Å²) in [6.45, 7) is 0. The summed E-state index contributed by atoms with van der Waals surface area (Å²) in [6, 6.07) is 7.53. The van der Waals surface area contributed by atoms with Gasteiger partial charge in [0.2, 0.25) is 0 Å². The smallest absolute Gasteiger partial charge is 0.275 e. The number of rotatable bonds is 2. The molecular weight excluding hydrogens is 317 g/mol. The molecule has 0 saturated heterocycles. The lowest BCUT2D eigenvalue weighted by molar-refractivity contribution is 0.102. The number of carbonyl (C=O) groups is 1. The van der Waals surface area contributed by atoms with E-state index < -0.39 is 0 Å². The topological polar surface area (TPSA) is 54.9 Å². The predicted molar refractivity (Wildman–Crippen MR) is 69.1 cm³/mol. The molecule has 2 rings (SSSR count). The number of aromatic nitrogens is 2. The summed E-state index contributed by atoms with van der Waals surface area (Å²) in [5.41, 5.74) is 1.05. The van der Waals surface area contributed by atoms with Gasteiger partial charge >= 0.3 is 0 Å². The van der Waals surface area contributed by atoms with Crippen LogP contribution in [0.15, 0.2) is 42.9 Å². The van der Waals surface area contributed by atoms with E-state index in [2.05, 4.69) is 37.9 Å². The zero-order valence-electron chi connectivity index (χ0n) is 8.22. The van der Waals surface area contributed by atoms with Gasteiger partial charge in [-0.2, -0.15) is 0 Å². The maximum atomic E-state index is 11.7. The minimum atomic E-state index is -0.255. The average molecular weight is 325 g/mol. The summed E-state index contributed by atoms with van der Waals surface area (Å²) in [4.78, 5) is 19.4. The number of nitrogens with zero attached hydrogens (tertiary/aromatic N) is 2. The molecule has 0 unspecified atom stereocenters. The van der Waals surface area contributed by atoms with E-state index in [1.165, 1.54) is 18.6 Å². The van der Waals surface area contributed by atoms with Gasteiger partial charge in [-0.3, -0.25) is 9.78 Å². The Hall–Kier alpha value is -1.50. The van der Waals surface area contributed by atoms with Crippen LogP contribution in [0.3, 0.4) is 0 Å². The first-order chi connectivity index (χ1) is 7.75. The summed E-state index contributed by atoms with van der Waals surface area (Å²) < 4.78 is 1.12. The summed E-state index contributed by atoms with van der Waals surface area (Å²) >= 11 is 2.21. The van der Waals surface area contributed by atoms with Gasteiger partial charge in [0, 0.05) is 21.7 Å². The van der Waals surface area contributed by atoms with E-state index in [1.54, 1.807) is 0 Å². The van der Waals surface area contributed by atoms with E-state index in [0.29, 0.717) is 5.69 Å². The van der Waals surface area contributed by atoms with Crippen molar-refractivity contribution in [1.29, 1.82) is 0 Å². The lowest BCUT2D eigenvalue weighted by Crippen LogP contribution is -2.13. The monoisotopic (exact) mass is 325 g/mol. The Kier molecular flexibility index (Phi) is 3.45. The number of carbonyl (C=O) groups excluding carboxylic acids is 1. The van der Waals surface area contributed by atoms with Gasteiger partial charge in [0.05, 0.1) is 6.20 Å². The SMILES string of the molecule is O=C(Nc1ccc(I)cc1)c1cnccn1. The van der Waals surface area contributed by atoms with Crippen molar-refractivity contribution in [2.24, 2.45) is 0 Å². The first-order valence-electron chi connectivity index (χ1n) is 4.58. The second-order valence-corrected chi connectivity index (χ2v) is 4.30. The highest BCUT2D eigenvalue weighted by Crippen LogP contribution is 2.11. The van der Waals surface area contributed by atoms with E-state index in [-0.39, 0.29) is 5.91 Å². The van der Waals surface area contributed by atoms with Crippen LogP contribution in [0.2, 0.25) is 0 Å². The molecule has 4 nitrogen and oxygen atoms in total. The molecule has 1 aromatic carbocycles. The van der Waals surface area contributed by atoms with Crippen LogP contribution in [0.25, 0.3) is 0 Å². The second-order valence-electron chi connectivity index (χ2n) is 3.05. The minimum Gasteiger partial charge on any atom is -0.321 e. The van der Waals surface area contributed by atoms with E-state index in [0.717, 1.165) is 9.26 Å². The van der Waals surface area contributed by atoms with E-state index in [4.69, 9.17) is 0 Å². The molecule has 2 aromatic rings. The number of anilines is 1. The fraction of sp³-hybridized carbons (Fsp3) is 0. The van der Waals surface area contributed by atoms with Crippen LogP contribution in [0.5, 0.6) is 0 Å². The van der Waals surface area contributed by atoms with Gasteiger partial charge in [-0.05, 0) is 46.9 Å².